The zero-order valence-corrected chi connectivity index (χ0v) is 16.1. The summed E-state index contributed by atoms with van der Waals surface area (Å²) in [5.74, 6) is 1.09. The summed E-state index contributed by atoms with van der Waals surface area (Å²) in [6, 6.07) is 19.8. The fourth-order valence-electron chi connectivity index (χ4n) is 2.56. The molecule has 0 spiro atoms. The molecule has 5 nitrogen and oxygen atoms in total. The molecule has 1 heterocycles. The van der Waals surface area contributed by atoms with Gasteiger partial charge in [0, 0.05) is 12.1 Å². The van der Waals surface area contributed by atoms with Gasteiger partial charge in [-0.05, 0) is 24.6 Å². The molecular weight excluding hydrogens is 358 g/mol. The van der Waals surface area contributed by atoms with Gasteiger partial charge in [-0.2, -0.15) is 0 Å². The topological polar surface area (TPSA) is 67.0 Å². The molecule has 140 valence electrons. The highest BCUT2D eigenvalue weighted by Gasteiger charge is 2.10. The van der Waals surface area contributed by atoms with Crippen LogP contribution in [-0.4, -0.2) is 34.8 Å². The minimum absolute atomic E-state index is 0.0321. The average molecular weight is 382 g/mol. The zero-order valence-electron chi connectivity index (χ0n) is 15.3. The number of carbonyl (C=O) groups excluding carboxylic acids is 1. The third kappa shape index (κ3) is 6.18. The number of nitrogens with zero attached hydrogens (tertiary/aromatic N) is 1. The van der Waals surface area contributed by atoms with Crippen molar-refractivity contribution in [3.8, 4) is 5.75 Å². The molecule has 0 radical (unpaired) electrons. The van der Waals surface area contributed by atoms with Crippen LogP contribution in [0.5, 0.6) is 5.75 Å². The van der Waals surface area contributed by atoms with Crippen molar-refractivity contribution in [2.75, 3.05) is 18.9 Å². The molecule has 2 N–H and O–H groups in total. The molecule has 0 fully saturated rings. The van der Waals surface area contributed by atoms with E-state index in [1.165, 1.54) is 17.3 Å². The van der Waals surface area contributed by atoms with Gasteiger partial charge in [0.15, 0.2) is 5.16 Å². The maximum Gasteiger partial charge on any atom is 0.230 e. The lowest BCUT2D eigenvalue weighted by Crippen LogP contribution is -2.29. The summed E-state index contributed by atoms with van der Waals surface area (Å²) >= 11 is 1.41. The van der Waals surface area contributed by atoms with E-state index in [4.69, 9.17) is 4.74 Å². The van der Waals surface area contributed by atoms with Crippen molar-refractivity contribution in [3.63, 3.8) is 0 Å². The van der Waals surface area contributed by atoms with Crippen molar-refractivity contribution in [1.29, 1.82) is 0 Å². The Bertz CT molecular complexity index is 850. The fourth-order valence-corrected chi connectivity index (χ4v) is 3.33. The number of amides is 1. The molecule has 1 aromatic heterocycles. The van der Waals surface area contributed by atoms with Crippen molar-refractivity contribution in [2.24, 2.45) is 0 Å². The lowest BCUT2D eigenvalue weighted by Gasteiger charge is -2.07. The van der Waals surface area contributed by atoms with Crippen LogP contribution in [0.1, 0.15) is 17.0 Å². The Hall–Kier alpha value is -2.73. The van der Waals surface area contributed by atoms with Gasteiger partial charge in [-0.25, -0.2) is 4.98 Å². The van der Waals surface area contributed by atoms with E-state index in [1.807, 2.05) is 55.5 Å². The second-order valence-electron chi connectivity index (χ2n) is 6.08. The molecular formula is C21H23N3O2S. The largest absolute Gasteiger partial charge is 0.492 e. The lowest BCUT2D eigenvalue weighted by atomic mass is 10.1. The summed E-state index contributed by atoms with van der Waals surface area (Å²) in [5, 5.41) is 3.63. The van der Waals surface area contributed by atoms with E-state index in [1.54, 1.807) is 0 Å². The number of thioether (sulfide) groups is 1. The molecule has 0 atom stereocenters. The van der Waals surface area contributed by atoms with Gasteiger partial charge in [0.2, 0.25) is 5.91 Å². The van der Waals surface area contributed by atoms with Gasteiger partial charge in [-0.3, -0.25) is 4.79 Å². The molecule has 0 saturated heterocycles. The first kappa shape index (κ1) is 19.0. The maximum absolute atomic E-state index is 12.0. The number of hydrogen-bond donors (Lipinski definition) is 2. The number of para-hydroxylation sites is 1. The molecule has 1 amide bonds. The first-order valence-electron chi connectivity index (χ1n) is 8.87. The molecule has 27 heavy (non-hydrogen) atoms. The molecule has 3 rings (SSSR count). The number of carbonyl (C=O) groups is 1. The number of ether oxygens (including phenoxy) is 1. The first-order valence-corrected chi connectivity index (χ1v) is 9.86. The number of aromatic nitrogens is 2. The number of rotatable bonds is 9. The highest BCUT2D eigenvalue weighted by molar-refractivity contribution is 7.99. The molecule has 2 aromatic carbocycles. The van der Waals surface area contributed by atoms with E-state index in [-0.39, 0.29) is 5.91 Å². The normalized spacial score (nSPS) is 10.6. The SMILES string of the molecule is Cc1[nH]c(SCC(=O)NCCOc2ccccc2)nc1Cc1ccccc1. The van der Waals surface area contributed by atoms with Crippen LogP contribution < -0.4 is 10.1 Å². The summed E-state index contributed by atoms with van der Waals surface area (Å²) in [5.41, 5.74) is 3.28. The van der Waals surface area contributed by atoms with E-state index in [2.05, 4.69) is 27.4 Å². The standard InChI is InChI=1S/C21H23N3O2S/c1-16-19(14-17-8-4-2-5-9-17)24-21(23-16)27-15-20(25)22-12-13-26-18-10-6-3-7-11-18/h2-11H,12-15H2,1H3,(H,22,25)(H,23,24). The fraction of sp³-hybridized carbons (Fsp3) is 0.238. The van der Waals surface area contributed by atoms with Gasteiger partial charge in [0.1, 0.15) is 12.4 Å². The third-order valence-electron chi connectivity index (χ3n) is 3.95. The van der Waals surface area contributed by atoms with E-state index < -0.39 is 0 Å². The smallest absolute Gasteiger partial charge is 0.230 e. The van der Waals surface area contributed by atoms with Gasteiger partial charge < -0.3 is 15.0 Å². The van der Waals surface area contributed by atoms with Crippen LogP contribution in [0.25, 0.3) is 0 Å². The summed E-state index contributed by atoms with van der Waals surface area (Å²) in [7, 11) is 0. The molecule has 0 bridgehead atoms. The van der Waals surface area contributed by atoms with Crippen LogP contribution in [0.4, 0.5) is 0 Å². The molecule has 0 unspecified atom stereocenters. The van der Waals surface area contributed by atoms with Gasteiger partial charge >= 0.3 is 0 Å². The Balaban J connectivity index is 1.39. The monoisotopic (exact) mass is 381 g/mol. The number of aryl methyl sites for hydroxylation is 1. The number of H-pyrrole nitrogens is 1. The second kappa shape index (κ2) is 9.83. The second-order valence-corrected chi connectivity index (χ2v) is 7.04. The minimum atomic E-state index is -0.0321. The average Bonchev–Trinajstić information content (AvgIpc) is 3.05. The lowest BCUT2D eigenvalue weighted by molar-refractivity contribution is -0.118. The quantitative estimate of drug-likeness (QED) is 0.439. The van der Waals surface area contributed by atoms with Crippen LogP contribution in [0, 0.1) is 6.92 Å². The number of hydrogen-bond acceptors (Lipinski definition) is 4. The van der Waals surface area contributed by atoms with Crippen molar-refractivity contribution >= 4 is 17.7 Å². The van der Waals surface area contributed by atoms with Gasteiger partial charge in [0.25, 0.3) is 0 Å². The summed E-state index contributed by atoms with van der Waals surface area (Å²) in [6.45, 7) is 2.93. The number of nitrogens with one attached hydrogen (secondary N) is 2. The van der Waals surface area contributed by atoms with Gasteiger partial charge in [-0.1, -0.05) is 60.3 Å². The van der Waals surface area contributed by atoms with Gasteiger partial charge in [-0.15, -0.1) is 0 Å². The summed E-state index contributed by atoms with van der Waals surface area (Å²) in [6.07, 6.45) is 0.784. The van der Waals surface area contributed by atoms with Crippen molar-refractivity contribution in [3.05, 3.63) is 77.6 Å². The van der Waals surface area contributed by atoms with Crippen molar-refractivity contribution in [2.45, 2.75) is 18.5 Å². The minimum Gasteiger partial charge on any atom is -0.492 e. The Morgan fingerprint density at radius 3 is 2.56 bits per heavy atom. The predicted octanol–water partition coefficient (Wildman–Crippen LogP) is 3.60. The van der Waals surface area contributed by atoms with Crippen molar-refractivity contribution < 1.29 is 9.53 Å². The highest BCUT2D eigenvalue weighted by Crippen LogP contribution is 2.18. The molecule has 0 aliphatic heterocycles. The van der Waals surface area contributed by atoms with E-state index >= 15 is 0 Å². The van der Waals surface area contributed by atoms with Crippen LogP contribution in [-0.2, 0) is 11.2 Å². The Morgan fingerprint density at radius 1 is 1.11 bits per heavy atom. The Morgan fingerprint density at radius 2 is 1.81 bits per heavy atom. The Kier molecular flexibility index (Phi) is 6.93. The van der Waals surface area contributed by atoms with E-state index in [9.17, 15) is 4.79 Å². The Labute approximate surface area is 163 Å². The van der Waals surface area contributed by atoms with Crippen LogP contribution in [0.3, 0.4) is 0 Å². The molecule has 6 heteroatoms. The molecule has 0 aliphatic rings. The van der Waals surface area contributed by atoms with Crippen LogP contribution in [0.15, 0.2) is 65.8 Å². The third-order valence-corrected chi connectivity index (χ3v) is 4.83. The molecule has 0 aliphatic carbocycles. The van der Waals surface area contributed by atoms with E-state index in [0.29, 0.717) is 18.9 Å². The molecule has 3 aromatic rings. The maximum atomic E-state index is 12.0. The number of imidazole rings is 1. The highest BCUT2D eigenvalue weighted by atomic mass is 32.2. The molecule has 0 saturated carbocycles. The number of benzene rings is 2. The van der Waals surface area contributed by atoms with Gasteiger partial charge in [0.05, 0.1) is 18.0 Å². The first-order chi connectivity index (χ1) is 13.2. The summed E-state index contributed by atoms with van der Waals surface area (Å²) in [4.78, 5) is 19.9. The van der Waals surface area contributed by atoms with Crippen LogP contribution >= 0.6 is 11.8 Å². The van der Waals surface area contributed by atoms with E-state index in [0.717, 1.165) is 28.7 Å². The summed E-state index contributed by atoms with van der Waals surface area (Å²) < 4.78 is 5.55. The van der Waals surface area contributed by atoms with Crippen molar-refractivity contribution in [1.82, 2.24) is 15.3 Å². The number of aromatic amines is 1. The van der Waals surface area contributed by atoms with Crippen LogP contribution in [0.2, 0.25) is 0 Å². The predicted molar refractivity (Wildman–Crippen MR) is 108 cm³/mol. The zero-order chi connectivity index (χ0) is 18.9.